The minimum Gasteiger partial charge on any atom is -0.457 e. The Morgan fingerprint density at radius 2 is 1.60 bits per heavy atom. The maximum absolute atomic E-state index is 12.9. The predicted molar refractivity (Wildman–Crippen MR) is 160 cm³/mol. The number of rotatable bonds is 9. The van der Waals surface area contributed by atoms with E-state index in [9.17, 15) is 18.3 Å². The number of halogens is 1. The zero-order chi connectivity index (χ0) is 28.1. The van der Waals surface area contributed by atoms with Crippen molar-refractivity contribution >= 4 is 48.9 Å². The number of ether oxygens (including phenoxy) is 1. The number of thiophene rings is 1. The molecule has 0 bridgehead atoms. The third-order valence-corrected chi connectivity index (χ3v) is 10.8. The smallest absolute Gasteiger partial charge is 0.352 e. The van der Waals surface area contributed by atoms with Crippen LogP contribution >= 0.6 is 27.3 Å². The summed E-state index contributed by atoms with van der Waals surface area (Å²) in [6.45, 7) is 1.00. The fourth-order valence-corrected chi connectivity index (χ4v) is 7.98. The second-order valence-electron chi connectivity index (χ2n) is 9.61. The van der Waals surface area contributed by atoms with Crippen molar-refractivity contribution < 1.29 is 23.1 Å². The van der Waals surface area contributed by atoms with Crippen molar-refractivity contribution in [3.8, 4) is 16.2 Å². The Balaban J connectivity index is 1.21. The molecule has 1 fully saturated rings. The highest BCUT2D eigenvalue weighted by Crippen LogP contribution is 2.46. The molecule has 1 N–H and O–H groups in total. The maximum Gasteiger partial charge on any atom is 0.352 e. The lowest BCUT2D eigenvalue weighted by Gasteiger charge is -2.32. The summed E-state index contributed by atoms with van der Waals surface area (Å²) in [5.41, 5.74) is 3.29. The molecular weight excluding hydrogens is 612 g/mol. The molecule has 1 aliphatic heterocycles. The first kappa shape index (κ1) is 28.4. The largest absolute Gasteiger partial charge is 0.457 e. The van der Waals surface area contributed by atoms with Gasteiger partial charge >= 0.3 is 5.97 Å². The summed E-state index contributed by atoms with van der Waals surface area (Å²) in [5, 5.41) is 16.4. The molecule has 3 aromatic carbocycles. The first-order chi connectivity index (χ1) is 19.3. The Hall–Kier alpha value is -3.18. The standard InChI is InChI=1S/C30H28BrN2O5S2/c31-26-27(34)29(30(35)38-19-21-8-3-1-4-9-21)39-28(26)23-12-7-13-25(18-23)32-24-14-16-33(17-15-24)40(36,37)20-22-10-5-2-6-11-22/h1-13,18,24,32H,14-17,19-20H2. The molecule has 0 unspecified atom stereocenters. The minimum atomic E-state index is -3.37. The molecule has 40 heavy (non-hydrogen) atoms. The average molecular weight is 641 g/mol. The lowest BCUT2D eigenvalue weighted by atomic mass is 10.1. The van der Waals surface area contributed by atoms with Crippen molar-refractivity contribution in [2.24, 2.45) is 0 Å². The SMILES string of the molecule is [O]c1c(C(=O)OCc2ccccc2)sc(-c2cccc(NC3CCN(S(=O)(=O)Cc4ccccc4)CC3)c2)c1Br. The van der Waals surface area contributed by atoms with E-state index < -0.39 is 16.0 Å². The third kappa shape index (κ3) is 6.75. The molecule has 1 saturated heterocycles. The molecule has 1 radical (unpaired) electrons. The lowest BCUT2D eigenvalue weighted by Crippen LogP contribution is -2.42. The van der Waals surface area contributed by atoms with E-state index in [1.807, 2.05) is 84.9 Å². The summed E-state index contributed by atoms with van der Waals surface area (Å²) in [4.78, 5) is 13.4. The van der Waals surface area contributed by atoms with Crippen LogP contribution in [0.5, 0.6) is 5.75 Å². The molecule has 0 spiro atoms. The van der Waals surface area contributed by atoms with Gasteiger partial charge < -0.3 is 10.1 Å². The fourth-order valence-electron chi connectivity index (χ4n) is 4.65. The van der Waals surface area contributed by atoms with Crippen molar-refractivity contribution in [3.05, 3.63) is 105 Å². The summed E-state index contributed by atoms with van der Waals surface area (Å²) < 4.78 is 33.1. The van der Waals surface area contributed by atoms with E-state index in [4.69, 9.17) is 4.74 Å². The number of hydrogen-bond acceptors (Lipinski definition) is 6. The number of carbonyl (C=O) groups excluding carboxylic acids is 1. The van der Waals surface area contributed by atoms with Crippen LogP contribution in [-0.4, -0.2) is 37.8 Å². The van der Waals surface area contributed by atoms with E-state index in [0.29, 0.717) is 35.3 Å². The van der Waals surface area contributed by atoms with Gasteiger partial charge in [0.2, 0.25) is 15.8 Å². The average Bonchev–Trinajstić information content (AvgIpc) is 3.27. The maximum atomic E-state index is 12.9. The summed E-state index contributed by atoms with van der Waals surface area (Å²) in [7, 11) is -3.37. The van der Waals surface area contributed by atoms with E-state index in [2.05, 4.69) is 21.2 Å². The Morgan fingerprint density at radius 3 is 2.27 bits per heavy atom. The number of piperidine rings is 1. The number of benzene rings is 3. The number of nitrogens with zero attached hydrogens (tertiary/aromatic N) is 1. The summed E-state index contributed by atoms with van der Waals surface area (Å²) in [6.07, 6.45) is 1.37. The van der Waals surface area contributed by atoms with Gasteiger partial charge in [0.05, 0.1) is 15.1 Å². The molecule has 7 nitrogen and oxygen atoms in total. The van der Waals surface area contributed by atoms with Crippen LogP contribution in [0.1, 0.15) is 33.6 Å². The van der Waals surface area contributed by atoms with E-state index >= 15 is 0 Å². The summed E-state index contributed by atoms with van der Waals surface area (Å²) in [6, 6.07) is 26.3. The van der Waals surface area contributed by atoms with Gasteiger partial charge in [-0.2, -0.15) is 0 Å². The number of anilines is 1. The minimum absolute atomic E-state index is 0.00710. The highest BCUT2D eigenvalue weighted by atomic mass is 79.9. The Morgan fingerprint density at radius 1 is 0.950 bits per heavy atom. The zero-order valence-electron chi connectivity index (χ0n) is 21.6. The fraction of sp³-hybridized carbons (Fsp3) is 0.233. The van der Waals surface area contributed by atoms with Gasteiger partial charge in [-0.15, -0.1) is 11.3 Å². The molecule has 10 heteroatoms. The molecule has 0 saturated carbocycles. The first-order valence-electron chi connectivity index (χ1n) is 12.9. The predicted octanol–water partition coefficient (Wildman–Crippen LogP) is 7.08. The molecule has 207 valence electrons. The molecule has 1 aliphatic rings. The van der Waals surface area contributed by atoms with Crippen LogP contribution < -0.4 is 5.32 Å². The Labute approximate surface area is 246 Å². The van der Waals surface area contributed by atoms with E-state index in [1.165, 1.54) is 0 Å². The molecule has 0 aliphatic carbocycles. The Kier molecular flexibility index (Phi) is 8.90. The van der Waals surface area contributed by atoms with Gasteiger partial charge in [-0.1, -0.05) is 72.8 Å². The molecule has 4 aromatic rings. The van der Waals surface area contributed by atoms with Crippen molar-refractivity contribution in [2.45, 2.75) is 31.2 Å². The highest BCUT2D eigenvalue weighted by Gasteiger charge is 2.29. The summed E-state index contributed by atoms with van der Waals surface area (Å²) in [5.74, 6) is -1.03. The van der Waals surface area contributed by atoms with Crippen LogP contribution in [0, 0.1) is 0 Å². The molecule has 5 rings (SSSR count). The van der Waals surface area contributed by atoms with Gasteiger partial charge in [0.25, 0.3) is 0 Å². The van der Waals surface area contributed by atoms with Crippen LogP contribution in [-0.2, 0) is 32.2 Å². The van der Waals surface area contributed by atoms with Crippen molar-refractivity contribution in [2.75, 3.05) is 18.4 Å². The number of sulfonamides is 1. The normalized spacial score (nSPS) is 14.6. The topological polar surface area (TPSA) is 95.6 Å². The van der Waals surface area contributed by atoms with Gasteiger partial charge in [0.1, 0.15) is 6.61 Å². The number of carbonyl (C=O) groups is 1. The van der Waals surface area contributed by atoms with Crippen molar-refractivity contribution in [3.63, 3.8) is 0 Å². The van der Waals surface area contributed by atoms with E-state index in [-0.39, 0.29) is 29.0 Å². The van der Waals surface area contributed by atoms with Crippen molar-refractivity contribution in [1.82, 2.24) is 4.31 Å². The molecular formula is C30H28BrN2O5S2. The molecule has 0 atom stereocenters. The van der Waals surface area contributed by atoms with Crippen LogP contribution in [0.4, 0.5) is 5.69 Å². The first-order valence-corrected chi connectivity index (χ1v) is 16.1. The van der Waals surface area contributed by atoms with Gasteiger partial charge in [0, 0.05) is 24.8 Å². The van der Waals surface area contributed by atoms with Crippen molar-refractivity contribution in [1.29, 1.82) is 0 Å². The second kappa shape index (κ2) is 12.6. The highest BCUT2D eigenvalue weighted by molar-refractivity contribution is 9.10. The van der Waals surface area contributed by atoms with Crippen LogP contribution in [0.3, 0.4) is 0 Å². The lowest BCUT2D eigenvalue weighted by molar-refractivity contribution is 0.0473. The number of nitrogens with one attached hydrogen (secondary N) is 1. The summed E-state index contributed by atoms with van der Waals surface area (Å²) >= 11 is 4.49. The van der Waals surface area contributed by atoms with E-state index in [0.717, 1.165) is 33.7 Å². The molecule has 0 amide bonds. The molecule has 2 heterocycles. The monoisotopic (exact) mass is 639 g/mol. The molecule has 1 aromatic heterocycles. The van der Waals surface area contributed by atoms with Gasteiger partial charge in [0.15, 0.2) is 4.88 Å². The van der Waals surface area contributed by atoms with Gasteiger partial charge in [-0.05, 0) is 57.6 Å². The van der Waals surface area contributed by atoms with Gasteiger partial charge in [-0.3, -0.25) is 5.11 Å². The second-order valence-corrected chi connectivity index (χ2v) is 13.4. The number of esters is 1. The van der Waals surface area contributed by atoms with Crippen LogP contribution in [0.15, 0.2) is 89.4 Å². The number of hydrogen-bond donors (Lipinski definition) is 1. The van der Waals surface area contributed by atoms with Crippen LogP contribution in [0.25, 0.3) is 10.4 Å². The Bertz CT molecular complexity index is 1570. The van der Waals surface area contributed by atoms with E-state index in [1.54, 1.807) is 4.31 Å². The third-order valence-electron chi connectivity index (χ3n) is 6.74. The quantitative estimate of drug-likeness (QED) is 0.197. The zero-order valence-corrected chi connectivity index (χ0v) is 24.8. The van der Waals surface area contributed by atoms with Crippen LogP contribution in [0.2, 0.25) is 0 Å². The van der Waals surface area contributed by atoms with Gasteiger partial charge in [-0.25, -0.2) is 17.5 Å².